The van der Waals surface area contributed by atoms with Crippen LogP contribution in [0.1, 0.15) is 26.3 Å². The molecule has 0 saturated carbocycles. The van der Waals surface area contributed by atoms with Gasteiger partial charge in [-0.1, -0.05) is 54.6 Å². The number of aryl methyl sites for hydroxylation is 1. The molecule has 142 valence electrons. The number of nitrogens with one attached hydrogen (secondary N) is 2. The van der Waals surface area contributed by atoms with Crippen molar-refractivity contribution in [2.45, 2.75) is 6.92 Å². The van der Waals surface area contributed by atoms with Crippen LogP contribution in [0.5, 0.6) is 0 Å². The number of fused-ring (bicyclic) bond motifs is 1. The van der Waals surface area contributed by atoms with E-state index >= 15 is 0 Å². The molecule has 4 rings (SSSR count). The minimum Gasteiger partial charge on any atom is -0.322 e. The molecule has 4 aromatic carbocycles. The Morgan fingerprint density at radius 3 is 1.97 bits per heavy atom. The number of carbonyl (C=O) groups excluding carboxylic acids is 2. The maximum absolute atomic E-state index is 12.9. The molecule has 4 heteroatoms. The largest absolute Gasteiger partial charge is 0.322 e. The second-order valence-corrected chi connectivity index (χ2v) is 6.83. The van der Waals surface area contributed by atoms with Crippen molar-refractivity contribution in [3.05, 3.63) is 108 Å². The zero-order valence-electron chi connectivity index (χ0n) is 16.0. The van der Waals surface area contributed by atoms with E-state index in [9.17, 15) is 9.59 Å². The van der Waals surface area contributed by atoms with Gasteiger partial charge in [0.1, 0.15) is 0 Å². The second-order valence-electron chi connectivity index (χ2n) is 6.83. The van der Waals surface area contributed by atoms with Crippen LogP contribution in [-0.4, -0.2) is 11.8 Å². The molecular weight excluding hydrogens is 360 g/mol. The van der Waals surface area contributed by atoms with E-state index in [0.717, 1.165) is 16.3 Å². The number of hydrogen-bond acceptors (Lipinski definition) is 2. The molecule has 0 aliphatic carbocycles. The van der Waals surface area contributed by atoms with Crippen LogP contribution in [0.4, 0.5) is 11.4 Å². The first-order valence-electron chi connectivity index (χ1n) is 9.38. The Hall–Kier alpha value is -3.92. The number of rotatable bonds is 4. The topological polar surface area (TPSA) is 58.2 Å². The van der Waals surface area contributed by atoms with Gasteiger partial charge in [-0.05, 0) is 59.7 Å². The van der Waals surface area contributed by atoms with Crippen molar-refractivity contribution in [2.75, 3.05) is 10.6 Å². The average Bonchev–Trinajstić information content (AvgIpc) is 2.75. The van der Waals surface area contributed by atoms with E-state index in [-0.39, 0.29) is 11.8 Å². The Morgan fingerprint density at radius 2 is 1.24 bits per heavy atom. The van der Waals surface area contributed by atoms with Gasteiger partial charge in [0.15, 0.2) is 0 Å². The van der Waals surface area contributed by atoms with Crippen LogP contribution in [0.25, 0.3) is 10.8 Å². The third kappa shape index (κ3) is 4.01. The monoisotopic (exact) mass is 380 g/mol. The lowest BCUT2D eigenvalue weighted by Crippen LogP contribution is -2.14. The number of amides is 2. The lowest BCUT2D eigenvalue weighted by atomic mass is 10.00. The fourth-order valence-electron chi connectivity index (χ4n) is 3.31. The summed E-state index contributed by atoms with van der Waals surface area (Å²) in [6.45, 7) is 2.03. The molecule has 0 radical (unpaired) electrons. The molecule has 29 heavy (non-hydrogen) atoms. The standard InChI is InChI=1S/C25H20N2O2/c1-17-14-15-23(22-13-6-5-12-21(17)22)25(29)27-20-11-7-10-19(16-20)26-24(28)18-8-3-2-4-9-18/h2-16H,1H3,(H,26,28)(H,27,29). The maximum atomic E-state index is 12.9. The summed E-state index contributed by atoms with van der Waals surface area (Å²) < 4.78 is 0. The molecule has 0 aliphatic heterocycles. The Labute approximate surface area is 169 Å². The van der Waals surface area contributed by atoms with Gasteiger partial charge in [-0.2, -0.15) is 0 Å². The summed E-state index contributed by atoms with van der Waals surface area (Å²) in [4.78, 5) is 25.2. The molecule has 0 heterocycles. The zero-order chi connectivity index (χ0) is 20.2. The molecule has 0 spiro atoms. The SMILES string of the molecule is Cc1ccc(C(=O)Nc2cccc(NC(=O)c3ccccc3)c2)c2ccccc12. The van der Waals surface area contributed by atoms with E-state index in [1.54, 1.807) is 36.4 Å². The van der Waals surface area contributed by atoms with Crippen molar-refractivity contribution in [3.8, 4) is 0 Å². The molecule has 2 N–H and O–H groups in total. The predicted molar refractivity (Wildman–Crippen MR) is 117 cm³/mol. The Balaban J connectivity index is 1.55. The van der Waals surface area contributed by atoms with E-state index in [4.69, 9.17) is 0 Å². The number of hydrogen-bond donors (Lipinski definition) is 2. The molecular formula is C25H20N2O2. The van der Waals surface area contributed by atoms with E-state index in [0.29, 0.717) is 22.5 Å². The Kier molecular flexibility index (Phi) is 5.08. The van der Waals surface area contributed by atoms with Gasteiger partial charge in [0.05, 0.1) is 0 Å². The average molecular weight is 380 g/mol. The Bertz CT molecular complexity index is 1200. The summed E-state index contributed by atoms with van der Waals surface area (Å²) in [5.41, 5.74) is 3.55. The molecule has 0 bridgehead atoms. The van der Waals surface area contributed by atoms with Crippen LogP contribution >= 0.6 is 0 Å². The molecule has 0 fully saturated rings. The van der Waals surface area contributed by atoms with Crippen molar-refractivity contribution in [1.82, 2.24) is 0 Å². The smallest absolute Gasteiger partial charge is 0.256 e. The highest BCUT2D eigenvalue weighted by Crippen LogP contribution is 2.24. The summed E-state index contributed by atoms with van der Waals surface area (Å²) >= 11 is 0. The second kappa shape index (κ2) is 7.98. The molecule has 0 atom stereocenters. The third-order valence-corrected chi connectivity index (χ3v) is 4.80. The summed E-state index contributed by atoms with van der Waals surface area (Å²) in [6, 6.07) is 27.8. The first-order valence-corrected chi connectivity index (χ1v) is 9.38. The van der Waals surface area contributed by atoms with Crippen LogP contribution in [0.15, 0.2) is 91.0 Å². The van der Waals surface area contributed by atoms with Crippen molar-refractivity contribution < 1.29 is 9.59 Å². The molecule has 2 amide bonds. The fraction of sp³-hybridized carbons (Fsp3) is 0.0400. The van der Waals surface area contributed by atoms with Crippen molar-refractivity contribution in [1.29, 1.82) is 0 Å². The van der Waals surface area contributed by atoms with Crippen molar-refractivity contribution >= 4 is 34.0 Å². The fourth-order valence-corrected chi connectivity index (χ4v) is 3.31. The first kappa shape index (κ1) is 18.4. The molecule has 0 unspecified atom stereocenters. The van der Waals surface area contributed by atoms with Crippen molar-refractivity contribution in [3.63, 3.8) is 0 Å². The van der Waals surface area contributed by atoms with Crippen LogP contribution in [0.3, 0.4) is 0 Å². The van der Waals surface area contributed by atoms with E-state index in [2.05, 4.69) is 10.6 Å². The molecule has 0 aliphatic rings. The summed E-state index contributed by atoms with van der Waals surface area (Å²) in [5, 5.41) is 7.77. The quantitative estimate of drug-likeness (QED) is 0.480. The van der Waals surface area contributed by atoms with Gasteiger partial charge in [0.25, 0.3) is 11.8 Å². The summed E-state index contributed by atoms with van der Waals surface area (Å²) in [6.07, 6.45) is 0. The number of carbonyl (C=O) groups is 2. The molecule has 4 aromatic rings. The highest BCUT2D eigenvalue weighted by Gasteiger charge is 2.12. The lowest BCUT2D eigenvalue weighted by molar-refractivity contribution is 0.102. The van der Waals surface area contributed by atoms with Gasteiger partial charge in [-0.15, -0.1) is 0 Å². The molecule has 4 nitrogen and oxygen atoms in total. The predicted octanol–water partition coefficient (Wildman–Crippen LogP) is 5.65. The lowest BCUT2D eigenvalue weighted by Gasteiger charge is -2.11. The zero-order valence-corrected chi connectivity index (χ0v) is 16.0. The van der Waals surface area contributed by atoms with E-state index in [1.807, 2.05) is 61.5 Å². The number of benzene rings is 4. The van der Waals surface area contributed by atoms with Gasteiger partial charge in [-0.25, -0.2) is 0 Å². The van der Waals surface area contributed by atoms with Crippen LogP contribution in [-0.2, 0) is 0 Å². The highest BCUT2D eigenvalue weighted by molar-refractivity contribution is 6.13. The van der Waals surface area contributed by atoms with Crippen LogP contribution in [0.2, 0.25) is 0 Å². The van der Waals surface area contributed by atoms with Gasteiger partial charge >= 0.3 is 0 Å². The van der Waals surface area contributed by atoms with E-state index in [1.165, 1.54) is 0 Å². The normalized spacial score (nSPS) is 10.5. The van der Waals surface area contributed by atoms with Gasteiger partial charge in [-0.3, -0.25) is 9.59 Å². The molecule has 0 saturated heterocycles. The Morgan fingerprint density at radius 1 is 0.621 bits per heavy atom. The summed E-state index contributed by atoms with van der Waals surface area (Å²) in [5.74, 6) is -0.383. The van der Waals surface area contributed by atoms with Gasteiger partial charge in [0, 0.05) is 22.5 Å². The van der Waals surface area contributed by atoms with Crippen LogP contribution < -0.4 is 10.6 Å². The minimum absolute atomic E-state index is 0.187. The minimum atomic E-state index is -0.196. The maximum Gasteiger partial charge on any atom is 0.256 e. The first-order chi connectivity index (χ1) is 14.1. The van der Waals surface area contributed by atoms with E-state index < -0.39 is 0 Å². The number of anilines is 2. The van der Waals surface area contributed by atoms with Gasteiger partial charge in [0.2, 0.25) is 0 Å². The van der Waals surface area contributed by atoms with Gasteiger partial charge < -0.3 is 10.6 Å². The molecule has 0 aromatic heterocycles. The van der Waals surface area contributed by atoms with Crippen LogP contribution in [0, 0.1) is 6.92 Å². The summed E-state index contributed by atoms with van der Waals surface area (Å²) in [7, 11) is 0. The van der Waals surface area contributed by atoms with Crippen molar-refractivity contribution in [2.24, 2.45) is 0 Å². The third-order valence-electron chi connectivity index (χ3n) is 4.80. The highest BCUT2D eigenvalue weighted by atomic mass is 16.2.